The first-order chi connectivity index (χ1) is 13.3. The summed E-state index contributed by atoms with van der Waals surface area (Å²) in [6, 6.07) is 7.18. The van der Waals surface area contributed by atoms with Crippen LogP contribution in [0.3, 0.4) is 0 Å². The smallest absolute Gasteiger partial charge is 0.343 e. The number of hydrogen-bond donors (Lipinski definition) is 0. The lowest BCUT2D eigenvalue weighted by Crippen LogP contribution is -2.13. The van der Waals surface area contributed by atoms with Crippen molar-refractivity contribution < 1.29 is 41.0 Å². The minimum Gasteiger partial charge on any atom is -0.493 e. The Balaban J connectivity index is 2.02. The molecule has 0 saturated carbocycles. The summed E-state index contributed by atoms with van der Waals surface area (Å²) in [5.74, 6) is -13.4. The molecule has 9 heteroatoms. The largest absolute Gasteiger partial charge is 0.493 e. The predicted octanol–water partition coefficient (Wildman–Crippen LogP) is 4.77. The normalized spacial score (nSPS) is 10.8. The van der Waals surface area contributed by atoms with Gasteiger partial charge in [0.2, 0.25) is 34.8 Å². The van der Waals surface area contributed by atoms with Gasteiger partial charge in [0.15, 0.2) is 11.5 Å². The van der Waals surface area contributed by atoms with Gasteiger partial charge in [-0.15, -0.1) is 0 Å². The molecule has 0 aliphatic rings. The second-order valence-electron chi connectivity index (χ2n) is 5.53. The predicted molar refractivity (Wildman–Crippen MR) is 88.2 cm³/mol. The highest BCUT2D eigenvalue weighted by atomic mass is 19.2. The molecule has 0 aromatic heterocycles. The Morgan fingerprint density at radius 1 is 0.750 bits per heavy atom. The molecule has 0 aliphatic carbocycles. The molecule has 0 radical (unpaired) electrons. The number of halogens is 5. The van der Waals surface area contributed by atoms with Crippen molar-refractivity contribution >= 4 is 16.7 Å². The fraction of sp³-hybridized carbons (Fsp3) is 0.105. The van der Waals surface area contributed by atoms with Crippen LogP contribution in [0.25, 0.3) is 10.8 Å². The fourth-order valence-electron chi connectivity index (χ4n) is 2.61. The van der Waals surface area contributed by atoms with E-state index in [2.05, 4.69) is 4.74 Å². The molecular formula is C19H11F5O4. The number of carbonyl (C=O) groups excluding carboxylic acids is 1. The number of rotatable bonds is 4. The van der Waals surface area contributed by atoms with E-state index in [0.29, 0.717) is 22.3 Å². The van der Waals surface area contributed by atoms with Crippen molar-refractivity contribution in [2.24, 2.45) is 0 Å². The van der Waals surface area contributed by atoms with Crippen LogP contribution in [-0.4, -0.2) is 20.2 Å². The summed E-state index contributed by atoms with van der Waals surface area (Å²) in [7, 11) is 2.86. The average Bonchev–Trinajstić information content (AvgIpc) is 2.72. The lowest BCUT2D eigenvalue weighted by molar-refractivity contribution is 0.0716. The van der Waals surface area contributed by atoms with Gasteiger partial charge < -0.3 is 14.2 Å². The zero-order valence-corrected chi connectivity index (χ0v) is 14.4. The van der Waals surface area contributed by atoms with Gasteiger partial charge >= 0.3 is 5.97 Å². The molecule has 3 aromatic carbocycles. The average molecular weight is 398 g/mol. The summed E-state index contributed by atoms with van der Waals surface area (Å²) < 4.78 is 81.8. The molecule has 146 valence electrons. The molecule has 0 amide bonds. The minimum atomic E-state index is -2.35. The maximum absolute atomic E-state index is 13.7. The number of hydrogen-bond acceptors (Lipinski definition) is 4. The Morgan fingerprint density at radius 2 is 1.36 bits per heavy atom. The zero-order valence-electron chi connectivity index (χ0n) is 14.4. The van der Waals surface area contributed by atoms with Crippen LogP contribution in [0.5, 0.6) is 17.2 Å². The van der Waals surface area contributed by atoms with Crippen LogP contribution < -0.4 is 14.2 Å². The highest BCUT2D eigenvalue weighted by Gasteiger charge is 2.29. The van der Waals surface area contributed by atoms with Crippen LogP contribution in [0.15, 0.2) is 30.3 Å². The van der Waals surface area contributed by atoms with Gasteiger partial charge in [-0.2, -0.15) is 8.78 Å². The van der Waals surface area contributed by atoms with Gasteiger partial charge in [0.1, 0.15) is 0 Å². The highest BCUT2D eigenvalue weighted by molar-refractivity contribution is 5.99. The molecule has 0 N–H and O–H groups in total. The topological polar surface area (TPSA) is 44.8 Å². The van der Waals surface area contributed by atoms with Crippen LogP contribution in [0.1, 0.15) is 10.4 Å². The molecule has 3 aromatic rings. The third kappa shape index (κ3) is 3.08. The molecule has 28 heavy (non-hydrogen) atoms. The van der Waals surface area contributed by atoms with E-state index >= 15 is 0 Å². The van der Waals surface area contributed by atoms with Crippen molar-refractivity contribution in [2.45, 2.75) is 0 Å². The molecule has 0 fully saturated rings. The molecule has 0 saturated heterocycles. The van der Waals surface area contributed by atoms with E-state index in [9.17, 15) is 26.7 Å². The third-order valence-corrected chi connectivity index (χ3v) is 3.96. The van der Waals surface area contributed by atoms with Crippen molar-refractivity contribution in [3.8, 4) is 17.2 Å². The number of benzene rings is 3. The summed E-state index contributed by atoms with van der Waals surface area (Å²) in [4.78, 5) is 12.2. The third-order valence-electron chi connectivity index (χ3n) is 3.96. The number of fused-ring (bicyclic) bond motifs is 1. The van der Waals surface area contributed by atoms with Gasteiger partial charge in [-0.3, -0.25) is 0 Å². The van der Waals surface area contributed by atoms with Crippen molar-refractivity contribution in [3.05, 3.63) is 65.0 Å². The van der Waals surface area contributed by atoms with Gasteiger partial charge in [0, 0.05) is 5.39 Å². The van der Waals surface area contributed by atoms with E-state index in [0.717, 1.165) is 0 Å². The van der Waals surface area contributed by atoms with Gasteiger partial charge in [0.25, 0.3) is 0 Å². The van der Waals surface area contributed by atoms with E-state index in [1.165, 1.54) is 32.4 Å². The Morgan fingerprint density at radius 3 is 1.93 bits per heavy atom. The standard InChI is InChI=1S/C19H11F5O4/c1-26-11-6-4-8-7-9(3-5-10(8)17(11)27-2)19(25)28-18-15(23)13(21)12(20)14(22)16(18)24/h3-7H,1-2H3. The maximum Gasteiger partial charge on any atom is 0.343 e. The number of carbonyl (C=O) groups is 1. The van der Waals surface area contributed by atoms with Gasteiger partial charge in [0.05, 0.1) is 19.8 Å². The van der Waals surface area contributed by atoms with Gasteiger partial charge in [-0.05, 0) is 29.7 Å². The Labute approximate surface area is 155 Å². The van der Waals surface area contributed by atoms with E-state index < -0.39 is 40.8 Å². The van der Waals surface area contributed by atoms with E-state index in [1.807, 2.05) is 0 Å². The molecule has 0 aliphatic heterocycles. The van der Waals surface area contributed by atoms with Gasteiger partial charge in [-0.1, -0.05) is 6.07 Å². The SMILES string of the molecule is COc1ccc2cc(C(=O)Oc3c(F)c(F)c(F)c(F)c3F)ccc2c1OC. The number of esters is 1. The Bertz CT molecular complexity index is 1070. The maximum atomic E-state index is 13.7. The van der Waals surface area contributed by atoms with Crippen LogP contribution in [0.4, 0.5) is 22.0 Å². The summed E-state index contributed by atoms with van der Waals surface area (Å²) in [6.45, 7) is 0. The molecule has 0 spiro atoms. The van der Waals surface area contributed by atoms with Crippen molar-refractivity contribution in [3.63, 3.8) is 0 Å². The summed E-state index contributed by atoms with van der Waals surface area (Å²) in [5, 5.41) is 1.05. The van der Waals surface area contributed by atoms with Crippen molar-refractivity contribution in [1.29, 1.82) is 0 Å². The molecular weight excluding hydrogens is 387 g/mol. The second-order valence-corrected chi connectivity index (χ2v) is 5.53. The highest BCUT2D eigenvalue weighted by Crippen LogP contribution is 2.36. The lowest BCUT2D eigenvalue weighted by atomic mass is 10.1. The Hall–Kier alpha value is -3.36. The minimum absolute atomic E-state index is 0.177. The van der Waals surface area contributed by atoms with Crippen molar-refractivity contribution in [1.82, 2.24) is 0 Å². The molecule has 4 nitrogen and oxygen atoms in total. The monoisotopic (exact) mass is 398 g/mol. The summed E-state index contributed by atoms with van der Waals surface area (Å²) >= 11 is 0. The number of methoxy groups -OCH3 is 2. The summed E-state index contributed by atoms with van der Waals surface area (Å²) in [5.41, 5.74) is -0.177. The molecule has 0 heterocycles. The van der Waals surface area contributed by atoms with Gasteiger partial charge in [-0.25, -0.2) is 18.0 Å². The lowest BCUT2D eigenvalue weighted by Gasteiger charge is -2.12. The molecule has 0 bridgehead atoms. The molecule has 0 atom stereocenters. The first kappa shape index (κ1) is 19.4. The van der Waals surface area contributed by atoms with Crippen LogP contribution in [0.2, 0.25) is 0 Å². The van der Waals surface area contributed by atoms with E-state index in [1.54, 1.807) is 12.1 Å². The molecule has 0 unspecified atom stereocenters. The summed E-state index contributed by atoms with van der Waals surface area (Å²) in [6.07, 6.45) is 0. The first-order valence-corrected chi connectivity index (χ1v) is 7.68. The Kier molecular flexibility index (Phi) is 5.08. The van der Waals surface area contributed by atoms with E-state index in [4.69, 9.17) is 9.47 Å². The van der Waals surface area contributed by atoms with Crippen LogP contribution in [-0.2, 0) is 0 Å². The van der Waals surface area contributed by atoms with Crippen LogP contribution in [0, 0.1) is 29.1 Å². The second kappa shape index (κ2) is 7.34. The quantitative estimate of drug-likeness (QED) is 0.209. The van der Waals surface area contributed by atoms with E-state index in [-0.39, 0.29) is 5.56 Å². The van der Waals surface area contributed by atoms with Crippen LogP contribution >= 0.6 is 0 Å². The zero-order chi connectivity index (χ0) is 20.6. The first-order valence-electron chi connectivity index (χ1n) is 7.68. The number of ether oxygens (including phenoxy) is 3. The fourth-order valence-corrected chi connectivity index (χ4v) is 2.61. The van der Waals surface area contributed by atoms with Crippen molar-refractivity contribution in [2.75, 3.05) is 14.2 Å². The molecule has 3 rings (SSSR count).